The van der Waals surface area contributed by atoms with Gasteiger partial charge in [-0.3, -0.25) is 4.79 Å². The Morgan fingerprint density at radius 2 is 1.80 bits per heavy atom. The second-order valence-electron chi connectivity index (χ2n) is 4.47. The predicted molar refractivity (Wildman–Crippen MR) is 78.6 cm³/mol. The molecule has 0 saturated carbocycles. The summed E-state index contributed by atoms with van der Waals surface area (Å²) in [6.07, 6.45) is 0. The fraction of sp³-hybridized carbons (Fsp3) is 0.188. The van der Waals surface area contributed by atoms with Crippen molar-refractivity contribution in [3.05, 3.63) is 53.1 Å². The Labute approximate surface area is 118 Å². The highest BCUT2D eigenvalue weighted by molar-refractivity contribution is 6.11. The molecule has 104 valence electrons. The van der Waals surface area contributed by atoms with Gasteiger partial charge in [0.15, 0.2) is 5.78 Å². The van der Waals surface area contributed by atoms with Gasteiger partial charge < -0.3 is 15.2 Å². The average Bonchev–Trinajstić information content (AvgIpc) is 2.48. The van der Waals surface area contributed by atoms with Gasteiger partial charge in [0.25, 0.3) is 0 Å². The molecule has 0 saturated heterocycles. The van der Waals surface area contributed by atoms with Gasteiger partial charge in [0.05, 0.1) is 19.8 Å². The smallest absolute Gasteiger partial charge is 0.196 e. The lowest BCUT2D eigenvalue weighted by Gasteiger charge is -2.10. The van der Waals surface area contributed by atoms with E-state index in [0.717, 1.165) is 5.56 Å². The van der Waals surface area contributed by atoms with Crippen molar-refractivity contribution in [3.8, 4) is 11.5 Å². The molecule has 2 aromatic carbocycles. The maximum atomic E-state index is 12.6. The highest BCUT2D eigenvalue weighted by Crippen LogP contribution is 2.27. The van der Waals surface area contributed by atoms with Gasteiger partial charge in [-0.15, -0.1) is 0 Å². The SMILES string of the molecule is COc1ccc(OC)c(C(=O)c2ccc(C)c(N)c2)c1. The molecule has 2 aromatic rings. The molecule has 2 N–H and O–H groups in total. The van der Waals surface area contributed by atoms with Gasteiger partial charge in [-0.1, -0.05) is 12.1 Å². The largest absolute Gasteiger partial charge is 0.497 e. The van der Waals surface area contributed by atoms with Crippen LogP contribution in [0.1, 0.15) is 21.5 Å². The summed E-state index contributed by atoms with van der Waals surface area (Å²) in [4.78, 5) is 12.6. The minimum atomic E-state index is -0.146. The van der Waals surface area contributed by atoms with E-state index in [0.29, 0.717) is 28.3 Å². The molecule has 0 fully saturated rings. The number of nitrogen functional groups attached to an aromatic ring is 1. The van der Waals surface area contributed by atoms with Crippen molar-refractivity contribution in [2.45, 2.75) is 6.92 Å². The van der Waals surface area contributed by atoms with Crippen LogP contribution in [0.5, 0.6) is 11.5 Å². The van der Waals surface area contributed by atoms with Crippen molar-refractivity contribution in [2.75, 3.05) is 20.0 Å². The Hall–Kier alpha value is -2.49. The lowest BCUT2D eigenvalue weighted by Crippen LogP contribution is -2.05. The molecule has 0 amide bonds. The van der Waals surface area contributed by atoms with Crippen LogP contribution in [0.4, 0.5) is 5.69 Å². The summed E-state index contributed by atoms with van der Waals surface area (Å²) in [5, 5.41) is 0. The van der Waals surface area contributed by atoms with Crippen molar-refractivity contribution in [2.24, 2.45) is 0 Å². The monoisotopic (exact) mass is 271 g/mol. The summed E-state index contributed by atoms with van der Waals surface area (Å²) in [5.41, 5.74) is 8.37. The number of methoxy groups -OCH3 is 2. The van der Waals surface area contributed by atoms with Gasteiger partial charge in [-0.2, -0.15) is 0 Å². The Morgan fingerprint density at radius 3 is 2.40 bits per heavy atom. The Balaban J connectivity index is 2.48. The predicted octanol–water partition coefficient (Wildman–Crippen LogP) is 2.83. The van der Waals surface area contributed by atoms with E-state index in [-0.39, 0.29) is 5.78 Å². The van der Waals surface area contributed by atoms with E-state index < -0.39 is 0 Å². The van der Waals surface area contributed by atoms with Crippen molar-refractivity contribution in [1.82, 2.24) is 0 Å². The topological polar surface area (TPSA) is 61.5 Å². The van der Waals surface area contributed by atoms with Crippen LogP contribution in [0.25, 0.3) is 0 Å². The summed E-state index contributed by atoms with van der Waals surface area (Å²) in [7, 11) is 3.09. The minimum absolute atomic E-state index is 0.146. The maximum absolute atomic E-state index is 12.6. The molecule has 0 aliphatic rings. The third-order valence-electron chi connectivity index (χ3n) is 3.19. The number of nitrogens with two attached hydrogens (primary N) is 1. The lowest BCUT2D eigenvalue weighted by molar-refractivity contribution is 0.103. The van der Waals surface area contributed by atoms with Crippen LogP contribution in [-0.4, -0.2) is 20.0 Å². The fourth-order valence-electron chi connectivity index (χ4n) is 1.93. The molecule has 0 atom stereocenters. The second kappa shape index (κ2) is 5.65. The van der Waals surface area contributed by atoms with Crippen LogP contribution < -0.4 is 15.2 Å². The first-order valence-electron chi connectivity index (χ1n) is 6.19. The van der Waals surface area contributed by atoms with Crippen molar-refractivity contribution >= 4 is 11.5 Å². The number of ether oxygens (including phenoxy) is 2. The number of carbonyl (C=O) groups excluding carboxylic acids is 1. The quantitative estimate of drug-likeness (QED) is 0.686. The number of benzene rings is 2. The van der Waals surface area contributed by atoms with Gasteiger partial charge >= 0.3 is 0 Å². The fourth-order valence-corrected chi connectivity index (χ4v) is 1.93. The van der Waals surface area contributed by atoms with Crippen LogP contribution in [0.15, 0.2) is 36.4 Å². The van der Waals surface area contributed by atoms with E-state index in [1.165, 1.54) is 7.11 Å². The van der Waals surface area contributed by atoms with Crippen molar-refractivity contribution in [1.29, 1.82) is 0 Å². The van der Waals surface area contributed by atoms with E-state index >= 15 is 0 Å². The summed E-state index contributed by atoms with van der Waals surface area (Å²) < 4.78 is 10.4. The third-order valence-corrected chi connectivity index (χ3v) is 3.19. The number of hydrogen-bond donors (Lipinski definition) is 1. The van der Waals surface area contributed by atoms with Gasteiger partial charge in [-0.05, 0) is 36.8 Å². The van der Waals surface area contributed by atoms with E-state index in [4.69, 9.17) is 15.2 Å². The first-order chi connectivity index (χ1) is 9.56. The molecule has 20 heavy (non-hydrogen) atoms. The molecule has 0 bridgehead atoms. The van der Waals surface area contributed by atoms with Gasteiger partial charge in [0.2, 0.25) is 0 Å². The zero-order chi connectivity index (χ0) is 14.7. The molecule has 4 heteroatoms. The summed E-state index contributed by atoms with van der Waals surface area (Å²) in [6.45, 7) is 1.90. The summed E-state index contributed by atoms with van der Waals surface area (Å²) in [6, 6.07) is 10.4. The first kappa shape index (κ1) is 13.9. The first-order valence-corrected chi connectivity index (χ1v) is 6.19. The van der Waals surface area contributed by atoms with E-state index in [9.17, 15) is 4.79 Å². The number of carbonyl (C=O) groups is 1. The molecule has 0 radical (unpaired) electrons. The number of ketones is 1. The van der Waals surface area contributed by atoms with E-state index in [1.54, 1.807) is 37.4 Å². The summed E-state index contributed by atoms with van der Waals surface area (Å²) in [5.74, 6) is 0.969. The van der Waals surface area contributed by atoms with Crippen LogP contribution in [0, 0.1) is 6.92 Å². The molecular formula is C16H17NO3. The Bertz CT molecular complexity index is 650. The van der Waals surface area contributed by atoms with Gasteiger partial charge in [-0.25, -0.2) is 0 Å². The van der Waals surface area contributed by atoms with Crippen LogP contribution in [0.3, 0.4) is 0 Å². The number of aryl methyl sites for hydroxylation is 1. The molecule has 0 unspecified atom stereocenters. The maximum Gasteiger partial charge on any atom is 0.196 e. The van der Waals surface area contributed by atoms with Crippen LogP contribution in [-0.2, 0) is 0 Å². The Morgan fingerprint density at radius 1 is 1.05 bits per heavy atom. The van der Waals surface area contributed by atoms with Crippen LogP contribution in [0.2, 0.25) is 0 Å². The summed E-state index contributed by atoms with van der Waals surface area (Å²) >= 11 is 0. The van der Waals surface area contributed by atoms with Crippen LogP contribution >= 0.6 is 0 Å². The lowest BCUT2D eigenvalue weighted by atomic mass is 10.00. The van der Waals surface area contributed by atoms with E-state index in [1.807, 2.05) is 13.0 Å². The second-order valence-corrected chi connectivity index (χ2v) is 4.47. The molecule has 0 spiro atoms. The van der Waals surface area contributed by atoms with Gasteiger partial charge in [0, 0.05) is 11.3 Å². The molecule has 0 aromatic heterocycles. The normalized spacial score (nSPS) is 10.2. The zero-order valence-electron chi connectivity index (χ0n) is 11.8. The minimum Gasteiger partial charge on any atom is -0.497 e. The Kier molecular flexibility index (Phi) is 3.94. The molecular weight excluding hydrogens is 254 g/mol. The van der Waals surface area contributed by atoms with Crippen molar-refractivity contribution in [3.63, 3.8) is 0 Å². The third kappa shape index (κ3) is 2.59. The standard InChI is InChI=1S/C16H17NO3/c1-10-4-5-11(8-14(10)17)16(18)13-9-12(19-2)6-7-15(13)20-3/h4-9H,17H2,1-3H3. The number of anilines is 1. The van der Waals surface area contributed by atoms with Crippen molar-refractivity contribution < 1.29 is 14.3 Å². The zero-order valence-corrected chi connectivity index (χ0v) is 11.8. The van der Waals surface area contributed by atoms with E-state index in [2.05, 4.69) is 0 Å². The molecule has 0 aliphatic carbocycles. The highest BCUT2D eigenvalue weighted by atomic mass is 16.5. The number of hydrogen-bond acceptors (Lipinski definition) is 4. The average molecular weight is 271 g/mol. The molecule has 2 rings (SSSR count). The molecule has 0 aliphatic heterocycles. The highest BCUT2D eigenvalue weighted by Gasteiger charge is 2.16. The van der Waals surface area contributed by atoms with Gasteiger partial charge in [0.1, 0.15) is 11.5 Å². The molecule has 4 nitrogen and oxygen atoms in total. The number of rotatable bonds is 4. The molecule has 0 heterocycles.